The lowest BCUT2D eigenvalue weighted by atomic mass is 10.1. The summed E-state index contributed by atoms with van der Waals surface area (Å²) in [6, 6.07) is 17.8. The predicted octanol–water partition coefficient (Wildman–Crippen LogP) is 1.64. The van der Waals surface area contributed by atoms with Crippen molar-refractivity contribution in [2.24, 2.45) is 0 Å². The number of nitrogens with zero attached hydrogens (tertiary/aromatic N) is 1. The van der Waals surface area contributed by atoms with Crippen LogP contribution in [0.4, 0.5) is 17.6 Å². The molecule has 11 heteroatoms. The summed E-state index contributed by atoms with van der Waals surface area (Å²) in [6.45, 7) is 0.513. The number of hydrogen-bond donors (Lipinski definition) is 2. The Bertz CT molecular complexity index is 1270. The molecule has 176 valence electrons. The van der Waals surface area contributed by atoms with Crippen LogP contribution in [0.15, 0.2) is 73.1 Å². The van der Waals surface area contributed by atoms with Gasteiger partial charge in [0.15, 0.2) is 23.1 Å². The topological polar surface area (TPSA) is 103 Å². The number of carboxylic acid groups (broad SMARTS) is 1. The third-order valence-electron chi connectivity index (χ3n) is 4.63. The molecule has 34 heavy (non-hydrogen) atoms. The number of pyridine rings is 2. The number of carboxylic acids is 1. The Kier molecular flexibility index (Phi) is 7.57. The molecule has 3 aromatic heterocycles. The maximum absolute atomic E-state index is 13.2. The molecule has 1 amide bonds. The molecular weight excluding hydrogens is 456 g/mol. The van der Waals surface area contributed by atoms with E-state index in [2.05, 4.69) is 15.3 Å². The van der Waals surface area contributed by atoms with E-state index in [1.807, 2.05) is 53.2 Å². The molecule has 0 atom stereocenters. The average Bonchev–Trinajstić information content (AvgIpc) is 3.20. The normalized spacial score (nSPS) is 10.9. The monoisotopic (exact) mass is 475 g/mol. The Hall–Kier alpha value is -4.28. The molecule has 4 aromatic rings. The van der Waals surface area contributed by atoms with Gasteiger partial charge in [0.25, 0.3) is 0 Å². The average molecular weight is 475 g/mol. The molecule has 0 spiro atoms. The zero-order chi connectivity index (χ0) is 24.7. The Morgan fingerprint density at radius 3 is 2.32 bits per heavy atom. The third-order valence-corrected chi connectivity index (χ3v) is 4.63. The number of imidazole rings is 1. The van der Waals surface area contributed by atoms with Crippen LogP contribution in [0, 0.1) is 5.82 Å². The Labute approximate surface area is 190 Å². The number of carbonyl (C=O) groups is 2. The molecule has 0 radical (unpaired) electrons. The number of aliphatic carboxylic acids is 1. The Morgan fingerprint density at radius 2 is 1.71 bits per heavy atom. The molecule has 0 aliphatic rings. The maximum atomic E-state index is 13.2. The molecule has 0 fully saturated rings. The van der Waals surface area contributed by atoms with Gasteiger partial charge in [-0.25, -0.2) is 14.4 Å². The van der Waals surface area contributed by atoms with Gasteiger partial charge in [-0.3, -0.25) is 4.79 Å². The minimum absolute atomic E-state index is 0.194. The van der Waals surface area contributed by atoms with Crippen molar-refractivity contribution >= 4 is 17.4 Å². The van der Waals surface area contributed by atoms with E-state index in [-0.39, 0.29) is 11.7 Å². The van der Waals surface area contributed by atoms with E-state index in [9.17, 15) is 22.4 Å². The number of nitrogens with one attached hydrogen (secondary N) is 3. The lowest BCUT2D eigenvalue weighted by Gasteiger charge is -2.03. The van der Waals surface area contributed by atoms with Gasteiger partial charge < -0.3 is 15.2 Å². The summed E-state index contributed by atoms with van der Waals surface area (Å²) < 4.78 is 46.6. The van der Waals surface area contributed by atoms with Crippen LogP contribution in [0.1, 0.15) is 16.3 Å². The highest BCUT2D eigenvalue weighted by atomic mass is 19.4. The molecule has 3 N–H and O–H groups in total. The summed E-state index contributed by atoms with van der Waals surface area (Å²) in [5.74, 6) is -3.06. The van der Waals surface area contributed by atoms with E-state index in [4.69, 9.17) is 9.90 Å². The minimum Gasteiger partial charge on any atom is -0.542 e. The van der Waals surface area contributed by atoms with Gasteiger partial charge in [0.2, 0.25) is 0 Å². The van der Waals surface area contributed by atoms with Crippen LogP contribution in [0.25, 0.3) is 16.8 Å². The fourth-order valence-electron chi connectivity index (χ4n) is 3.07. The highest BCUT2D eigenvalue weighted by Crippen LogP contribution is 2.22. The number of alkyl halides is 3. The first kappa shape index (κ1) is 24.4. The van der Waals surface area contributed by atoms with E-state index in [1.54, 1.807) is 12.1 Å². The van der Waals surface area contributed by atoms with Crippen LogP contribution in [-0.4, -0.2) is 29.6 Å². The maximum Gasteiger partial charge on any atom is 0.430 e. The molecular formula is C23H19F4N4O3+. The number of carbonyl (C=O) groups excluding carboxylic acids is 2. The van der Waals surface area contributed by atoms with Crippen molar-refractivity contribution in [3.05, 3.63) is 90.4 Å². The number of aromatic amines is 2. The fraction of sp³-hybridized carbons (Fsp3) is 0.130. The van der Waals surface area contributed by atoms with Crippen molar-refractivity contribution in [2.45, 2.75) is 12.6 Å². The summed E-state index contributed by atoms with van der Waals surface area (Å²) >= 11 is 0. The molecule has 0 aliphatic heterocycles. The SMILES string of the molecule is O=C(NCCc1cccc[nH+]1)c1[nH]c(-c2ccc(F)cc2)c2cccc[n+]12.O=C([O-])C(F)(F)F. The molecule has 4 rings (SSSR count). The van der Waals surface area contributed by atoms with Crippen LogP contribution >= 0.6 is 0 Å². The Morgan fingerprint density at radius 1 is 1.03 bits per heavy atom. The summed E-state index contributed by atoms with van der Waals surface area (Å²) in [7, 11) is 0. The number of amides is 1. The molecule has 1 aromatic carbocycles. The Balaban J connectivity index is 0.000000406. The molecule has 3 heterocycles. The van der Waals surface area contributed by atoms with E-state index in [1.165, 1.54) is 12.1 Å². The van der Waals surface area contributed by atoms with Gasteiger partial charge in [-0.1, -0.05) is 12.1 Å². The second kappa shape index (κ2) is 10.6. The number of aromatic nitrogens is 3. The molecule has 0 aliphatic carbocycles. The van der Waals surface area contributed by atoms with Crippen molar-refractivity contribution in [3.63, 3.8) is 0 Å². The number of fused-ring (bicyclic) bond motifs is 1. The van der Waals surface area contributed by atoms with Gasteiger partial charge in [-0.15, -0.1) is 0 Å². The van der Waals surface area contributed by atoms with Gasteiger partial charge in [0, 0.05) is 30.7 Å². The third kappa shape index (κ3) is 6.15. The number of hydrogen-bond acceptors (Lipinski definition) is 3. The highest BCUT2D eigenvalue weighted by molar-refractivity contribution is 5.91. The minimum atomic E-state index is -5.19. The van der Waals surface area contributed by atoms with Crippen LogP contribution < -0.4 is 19.8 Å². The van der Waals surface area contributed by atoms with Crippen molar-refractivity contribution in [3.8, 4) is 11.3 Å². The molecule has 0 saturated heterocycles. The zero-order valence-corrected chi connectivity index (χ0v) is 17.5. The second-order valence-electron chi connectivity index (χ2n) is 6.99. The van der Waals surface area contributed by atoms with Gasteiger partial charge in [0.1, 0.15) is 11.8 Å². The first-order valence-corrected chi connectivity index (χ1v) is 9.97. The summed E-state index contributed by atoms with van der Waals surface area (Å²) in [4.78, 5) is 27.8. The van der Waals surface area contributed by atoms with Crippen molar-refractivity contribution in [2.75, 3.05) is 6.54 Å². The van der Waals surface area contributed by atoms with Crippen LogP contribution in [0.2, 0.25) is 0 Å². The van der Waals surface area contributed by atoms with E-state index in [0.29, 0.717) is 18.8 Å². The second-order valence-corrected chi connectivity index (χ2v) is 6.99. The van der Waals surface area contributed by atoms with E-state index < -0.39 is 12.1 Å². The standard InChI is InChI=1S/C21H17FN4O.C2HF3O2/c22-16-9-7-15(8-10-16)19-18-6-2-4-14-26(18)20(25-19)21(27)24-13-11-17-5-1-3-12-23-17;3-2(4,5)1(6)7/h1-10,12,14H,11,13H2,(H,24,27);(H,6,7)/p+1. The van der Waals surface area contributed by atoms with Gasteiger partial charge >= 0.3 is 17.9 Å². The summed E-state index contributed by atoms with van der Waals surface area (Å²) in [5.41, 5.74) is 3.50. The molecule has 7 nitrogen and oxygen atoms in total. The highest BCUT2D eigenvalue weighted by Gasteiger charge is 2.29. The number of benzene rings is 1. The summed E-state index contributed by atoms with van der Waals surface area (Å²) in [6.07, 6.45) is -0.792. The number of rotatable bonds is 5. The lowest BCUT2D eigenvalue weighted by molar-refractivity contribution is -0.513. The summed E-state index contributed by atoms with van der Waals surface area (Å²) in [5, 5.41) is 11.7. The smallest absolute Gasteiger partial charge is 0.430 e. The van der Waals surface area contributed by atoms with Crippen molar-refractivity contribution in [1.29, 1.82) is 0 Å². The molecule has 0 saturated carbocycles. The largest absolute Gasteiger partial charge is 0.542 e. The first-order valence-electron chi connectivity index (χ1n) is 9.97. The molecule has 0 unspecified atom stereocenters. The van der Waals surface area contributed by atoms with Crippen LogP contribution in [0.3, 0.4) is 0 Å². The van der Waals surface area contributed by atoms with Crippen LogP contribution in [0.5, 0.6) is 0 Å². The number of H-pyrrole nitrogens is 2. The molecule has 0 bridgehead atoms. The van der Waals surface area contributed by atoms with Gasteiger partial charge in [-0.2, -0.15) is 17.6 Å². The van der Waals surface area contributed by atoms with E-state index >= 15 is 0 Å². The lowest BCUT2D eigenvalue weighted by Crippen LogP contribution is -2.37. The predicted molar refractivity (Wildman–Crippen MR) is 109 cm³/mol. The van der Waals surface area contributed by atoms with Crippen LogP contribution in [-0.2, 0) is 11.2 Å². The first-order chi connectivity index (χ1) is 16.2. The van der Waals surface area contributed by atoms with Gasteiger partial charge in [-0.05, 0) is 36.4 Å². The zero-order valence-electron chi connectivity index (χ0n) is 17.5. The van der Waals surface area contributed by atoms with Crippen molar-refractivity contribution < 1.29 is 41.6 Å². The fourth-order valence-corrected chi connectivity index (χ4v) is 3.07. The number of halogens is 4. The van der Waals surface area contributed by atoms with E-state index in [0.717, 1.165) is 22.5 Å². The van der Waals surface area contributed by atoms with Gasteiger partial charge in [0.05, 0.1) is 6.20 Å². The quantitative estimate of drug-likeness (QED) is 0.339. The van der Waals surface area contributed by atoms with Crippen molar-refractivity contribution in [1.82, 2.24) is 10.3 Å².